The van der Waals surface area contributed by atoms with E-state index in [-0.39, 0.29) is 24.1 Å². The summed E-state index contributed by atoms with van der Waals surface area (Å²) in [5.41, 5.74) is 12.3. The average Bonchev–Trinajstić information content (AvgIpc) is 2.26. The van der Waals surface area contributed by atoms with Crippen LogP contribution in [0, 0.1) is 0 Å². The SMILES string of the molecule is CC/C(Cc1ccc(O)cc1)=N\N=C(N)N.Cl. The van der Waals surface area contributed by atoms with E-state index < -0.39 is 0 Å². The van der Waals surface area contributed by atoms with Gasteiger partial charge in [0.2, 0.25) is 5.96 Å². The summed E-state index contributed by atoms with van der Waals surface area (Å²) in [6, 6.07) is 6.97. The van der Waals surface area contributed by atoms with E-state index in [0.717, 1.165) is 17.7 Å². The Morgan fingerprint density at radius 2 is 1.76 bits per heavy atom. The summed E-state index contributed by atoms with van der Waals surface area (Å²) in [4.78, 5) is 0. The molecule has 94 valence electrons. The second-order valence-electron chi connectivity index (χ2n) is 3.39. The molecular formula is C11H17ClN4O. The van der Waals surface area contributed by atoms with Gasteiger partial charge in [-0.05, 0) is 24.1 Å². The highest BCUT2D eigenvalue weighted by Crippen LogP contribution is 2.11. The predicted molar refractivity (Wildman–Crippen MR) is 72.6 cm³/mol. The topological polar surface area (TPSA) is 97.0 Å². The number of guanidine groups is 1. The van der Waals surface area contributed by atoms with Gasteiger partial charge >= 0.3 is 0 Å². The highest BCUT2D eigenvalue weighted by atomic mass is 35.5. The van der Waals surface area contributed by atoms with Crippen LogP contribution in [0.1, 0.15) is 18.9 Å². The molecule has 0 heterocycles. The lowest BCUT2D eigenvalue weighted by Crippen LogP contribution is -2.22. The van der Waals surface area contributed by atoms with Gasteiger partial charge in [-0.25, -0.2) is 0 Å². The molecule has 0 unspecified atom stereocenters. The molecule has 1 rings (SSSR count). The van der Waals surface area contributed by atoms with E-state index in [1.54, 1.807) is 12.1 Å². The second-order valence-corrected chi connectivity index (χ2v) is 3.39. The van der Waals surface area contributed by atoms with Crippen LogP contribution in [0.25, 0.3) is 0 Å². The number of nitrogens with two attached hydrogens (primary N) is 2. The highest BCUT2D eigenvalue weighted by molar-refractivity contribution is 5.87. The summed E-state index contributed by atoms with van der Waals surface area (Å²) in [7, 11) is 0. The Hall–Kier alpha value is -1.75. The van der Waals surface area contributed by atoms with Crippen molar-refractivity contribution in [2.75, 3.05) is 0 Å². The molecule has 0 radical (unpaired) electrons. The van der Waals surface area contributed by atoms with E-state index in [2.05, 4.69) is 10.2 Å². The molecule has 0 spiro atoms. The molecule has 6 heteroatoms. The van der Waals surface area contributed by atoms with Gasteiger partial charge in [0.25, 0.3) is 0 Å². The molecule has 0 saturated carbocycles. The molecule has 0 atom stereocenters. The van der Waals surface area contributed by atoms with Crippen LogP contribution in [0.5, 0.6) is 5.75 Å². The third kappa shape index (κ3) is 5.77. The Labute approximate surface area is 107 Å². The van der Waals surface area contributed by atoms with Crippen LogP contribution in [0.2, 0.25) is 0 Å². The fourth-order valence-electron chi connectivity index (χ4n) is 1.21. The summed E-state index contributed by atoms with van der Waals surface area (Å²) in [5, 5.41) is 16.7. The maximum absolute atomic E-state index is 9.14. The number of benzene rings is 1. The maximum Gasteiger partial charge on any atom is 0.211 e. The van der Waals surface area contributed by atoms with Crippen LogP contribution in [0.4, 0.5) is 0 Å². The van der Waals surface area contributed by atoms with Crippen LogP contribution in [0.15, 0.2) is 34.5 Å². The monoisotopic (exact) mass is 256 g/mol. The molecule has 0 aromatic heterocycles. The second kappa shape index (κ2) is 7.51. The van der Waals surface area contributed by atoms with Gasteiger partial charge in [-0.3, -0.25) is 0 Å². The number of phenols is 1. The van der Waals surface area contributed by atoms with Crippen molar-refractivity contribution in [1.29, 1.82) is 0 Å². The molecule has 17 heavy (non-hydrogen) atoms. The Morgan fingerprint density at radius 3 is 2.24 bits per heavy atom. The maximum atomic E-state index is 9.14. The van der Waals surface area contributed by atoms with Crippen molar-refractivity contribution in [3.05, 3.63) is 29.8 Å². The minimum Gasteiger partial charge on any atom is -0.508 e. The number of phenolic OH excluding ortho intramolecular Hbond substituents is 1. The van der Waals surface area contributed by atoms with Crippen molar-refractivity contribution in [3.8, 4) is 5.75 Å². The normalized spacial score (nSPS) is 10.5. The van der Waals surface area contributed by atoms with Gasteiger partial charge in [0.15, 0.2) is 0 Å². The first kappa shape index (κ1) is 15.2. The van der Waals surface area contributed by atoms with E-state index >= 15 is 0 Å². The zero-order valence-electron chi connectivity index (χ0n) is 9.63. The molecule has 0 bridgehead atoms. The fourth-order valence-corrected chi connectivity index (χ4v) is 1.21. The van der Waals surface area contributed by atoms with Gasteiger partial charge in [-0.15, -0.1) is 17.5 Å². The number of hydrogen-bond donors (Lipinski definition) is 3. The number of aromatic hydroxyl groups is 1. The third-order valence-corrected chi connectivity index (χ3v) is 2.06. The molecule has 0 aliphatic carbocycles. The van der Waals surface area contributed by atoms with Crippen molar-refractivity contribution in [3.63, 3.8) is 0 Å². The van der Waals surface area contributed by atoms with E-state index in [0.29, 0.717) is 6.42 Å². The largest absolute Gasteiger partial charge is 0.508 e. The summed E-state index contributed by atoms with van der Waals surface area (Å²) in [5.74, 6) is 0.208. The first-order valence-corrected chi connectivity index (χ1v) is 5.04. The zero-order valence-corrected chi connectivity index (χ0v) is 10.4. The molecule has 0 aliphatic rings. The van der Waals surface area contributed by atoms with Crippen LogP contribution in [-0.2, 0) is 6.42 Å². The molecule has 1 aromatic rings. The zero-order chi connectivity index (χ0) is 12.0. The van der Waals surface area contributed by atoms with Gasteiger partial charge in [0, 0.05) is 12.1 Å². The smallest absolute Gasteiger partial charge is 0.211 e. The third-order valence-electron chi connectivity index (χ3n) is 2.06. The first-order valence-electron chi connectivity index (χ1n) is 5.04. The number of hydrogen-bond acceptors (Lipinski definition) is 3. The van der Waals surface area contributed by atoms with Crippen molar-refractivity contribution < 1.29 is 5.11 Å². The molecule has 0 saturated heterocycles. The van der Waals surface area contributed by atoms with Crippen molar-refractivity contribution >= 4 is 24.1 Å². The Morgan fingerprint density at radius 1 is 1.18 bits per heavy atom. The fraction of sp³-hybridized carbons (Fsp3) is 0.273. The van der Waals surface area contributed by atoms with E-state index in [1.165, 1.54) is 0 Å². The Balaban J connectivity index is 0.00000256. The van der Waals surface area contributed by atoms with Crippen LogP contribution in [0.3, 0.4) is 0 Å². The molecule has 0 aliphatic heterocycles. The molecular weight excluding hydrogens is 240 g/mol. The predicted octanol–water partition coefficient (Wildman–Crippen LogP) is 1.40. The Kier molecular flexibility index (Phi) is 6.74. The molecule has 0 amide bonds. The minimum absolute atomic E-state index is 0. The van der Waals surface area contributed by atoms with E-state index in [9.17, 15) is 0 Å². The standard InChI is InChI=1S/C11H16N4O.ClH/c1-2-9(14-15-11(12)13)7-8-3-5-10(16)6-4-8;/h3-6,16H,2,7H2,1H3,(H4,12,13,15);1H/b14-9+;. The van der Waals surface area contributed by atoms with E-state index in [4.69, 9.17) is 16.6 Å². The number of rotatable bonds is 4. The van der Waals surface area contributed by atoms with Crippen LogP contribution < -0.4 is 11.5 Å². The van der Waals surface area contributed by atoms with Crippen molar-refractivity contribution in [2.45, 2.75) is 19.8 Å². The molecule has 0 fully saturated rings. The lowest BCUT2D eigenvalue weighted by Gasteiger charge is -2.02. The van der Waals surface area contributed by atoms with E-state index in [1.807, 2.05) is 19.1 Å². The van der Waals surface area contributed by atoms with Gasteiger partial charge in [-0.1, -0.05) is 19.1 Å². The molecule has 1 aromatic carbocycles. The summed E-state index contributed by atoms with van der Waals surface area (Å²) in [6.07, 6.45) is 1.45. The van der Waals surface area contributed by atoms with Gasteiger partial charge in [0.05, 0.1) is 0 Å². The van der Waals surface area contributed by atoms with Gasteiger partial charge < -0.3 is 16.6 Å². The summed E-state index contributed by atoms with van der Waals surface area (Å²) >= 11 is 0. The number of nitrogens with zero attached hydrogens (tertiary/aromatic N) is 2. The Bertz CT molecular complexity index is 396. The highest BCUT2D eigenvalue weighted by Gasteiger charge is 1.99. The summed E-state index contributed by atoms with van der Waals surface area (Å²) < 4.78 is 0. The van der Waals surface area contributed by atoms with Gasteiger partial charge in [0.1, 0.15) is 5.75 Å². The van der Waals surface area contributed by atoms with Gasteiger partial charge in [-0.2, -0.15) is 5.10 Å². The van der Waals surface area contributed by atoms with Crippen molar-refractivity contribution in [2.24, 2.45) is 21.7 Å². The van der Waals surface area contributed by atoms with Crippen LogP contribution >= 0.6 is 12.4 Å². The minimum atomic E-state index is -0.0448. The van der Waals surface area contributed by atoms with Crippen molar-refractivity contribution in [1.82, 2.24) is 0 Å². The molecule has 5 nitrogen and oxygen atoms in total. The first-order chi connectivity index (χ1) is 7.61. The van der Waals surface area contributed by atoms with Crippen LogP contribution in [-0.4, -0.2) is 16.8 Å². The summed E-state index contributed by atoms with van der Waals surface area (Å²) in [6.45, 7) is 1.99. The quantitative estimate of drug-likeness (QED) is 0.431. The lowest BCUT2D eigenvalue weighted by atomic mass is 10.1. The lowest BCUT2D eigenvalue weighted by molar-refractivity contribution is 0.475. The average molecular weight is 257 g/mol. The number of halogens is 1. The molecule has 5 N–H and O–H groups in total.